The van der Waals surface area contributed by atoms with Crippen LogP contribution in [0.5, 0.6) is 0 Å². The van der Waals surface area contributed by atoms with Crippen molar-refractivity contribution in [2.24, 2.45) is 0 Å². The Bertz CT molecular complexity index is 419. The molecule has 1 aromatic heterocycles. The van der Waals surface area contributed by atoms with E-state index in [0.717, 1.165) is 13.1 Å². The van der Waals surface area contributed by atoms with Crippen LogP contribution in [-0.2, 0) is 0 Å². The highest BCUT2D eigenvalue weighted by atomic mass is 16.3. The number of hydrogen-bond acceptors (Lipinski definition) is 7. The van der Waals surface area contributed by atoms with Crippen LogP contribution in [-0.4, -0.2) is 52.3 Å². The number of aliphatic hydroxyl groups is 1. The molecule has 0 saturated heterocycles. The van der Waals surface area contributed by atoms with Crippen LogP contribution in [0.4, 0.5) is 17.8 Å². The Morgan fingerprint density at radius 2 is 1.70 bits per heavy atom. The van der Waals surface area contributed by atoms with Crippen LogP contribution in [0.3, 0.4) is 0 Å². The second-order valence-corrected chi connectivity index (χ2v) is 4.91. The van der Waals surface area contributed by atoms with Crippen LogP contribution in [0, 0.1) is 0 Å². The molecule has 3 N–H and O–H groups in total. The zero-order valence-corrected chi connectivity index (χ0v) is 13.1. The number of nitrogens with one attached hydrogen (secondary N) is 2. The van der Waals surface area contributed by atoms with E-state index in [-0.39, 0.29) is 0 Å². The van der Waals surface area contributed by atoms with E-state index in [0.29, 0.717) is 30.8 Å². The molecule has 0 saturated carbocycles. The van der Waals surface area contributed by atoms with E-state index >= 15 is 0 Å². The molecule has 1 unspecified atom stereocenters. The van der Waals surface area contributed by atoms with Crippen molar-refractivity contribution in [1.29, 1.82) is 0 Å². The van der Waals surface area contributed by atoms with Crippen LogP contribution in [0.15, 0.2) is 0 Å². The van der Waals surface area contributed by atoms with Crippen LogP contribution >= 0.6 is 0 Å². The summed E-state index contributed by atoms with van der Waals surface area (Å²) in [4.78, 5) is 15.1. The minimum atomic E-state index is -0.776. The molecule has 0 bridgehead atoms. The lowest BCUT2D eigenvalue weighted by Crippen LogP contribution is -2.33. The third-order valence-corrected chi connectivity index (χ3v) is 3.28. The maximum Gasteiger partial charge on any atom is 0.231 e. The van der Waals surface area contributed by atoms with Gasteiger partial charge in [0.15, 0.2) is 0 Å². The molecule has 1 rings (SSSR count). The molecule has 20 heavy (non-hydrogen) atoms. The highest BCUT2D eigenvalue weighted by Crippen LogP contribution is 2.15. The van der Waals surface area contributed by atoms with E-state index in [1.54, 1.807) is 14.0 Å². The fourth-order valence-electron chi connectivity index (χ4n) is 1.60. The number of nitrogens with zero attached hydrogens (tertiary/aromatic N) is 4. The van der Waals surface area contributed by atoms with Crippen LogP contribution in [0.25, 0.3) is 0 Å². The van der Waals surface area contributed by atoms with Gasteiger partial charge in [-0.15, -0.1) is 0 Å². The zero-order chi connectivity index (χ0) is 15.2. The molecule has 7 heteroatoms. The van der Waals surface area contributed by atoms with Gasteiger partial charge in [0.25, 0.3) is 0 Å². The first-order chi connectivity index (χ1) is 9.45. The fraction of sp³-hybridized carbons (Fsp3) is 0.769. The summed E-state index contributed by atoms with van der Waals surface area (Å²) in [6.07, 6.45) is 0.660. The minimum absolute atomic E-state index is 0.397. The molecule has 7 nitrogen and oxygen atoms in total. The van der Waals surface area contributed by atoms with E-state index in [4.69, 9.17) is 0 Å². The molecule has 1 atom stereocenters. The Hall–Kier alpha value is -1.63. The van der Waals surface area contributed by atoms with Crippen molar-refractivity contribution in [3.05, 3.63) is 0 Å². The van der Waals surface area contributed by atoms with Crippen LogP contribution < -0.4 is 15.5 Å². The van der Waals surface area contributed by atoms with Gasteiger partial charge in [-0.1, -0.05) is 6.92 Å². The number of hydrogen-bond donors (Lipinski definition) is 3. The van der Waals surface area contributed by atoms with Crippen molar-refractivity contribution < 1.29 is 5.11 Å². The molecular formula is C13H26N6O. The molecule has 0 spiro atoms. The quantitative estimate of drug-likeness (QED) is 0.663. The number of aromatic nitrogens is 3. The largest absolute Gasteiger partial charge is 0.388 e. The monoisotopic (exact) mass is 282 g/mol. The van der Waals surface area contributed by atoms with Gasteiger partial charge >= 0.3 is 0 Å². The summed E-state index contributed by atoms with van der Waals surface area (Å²) in [7, 11) is 1.77. The van der Waals surface area contributed by atoms with Gasteiger partial charge in [0, 0.05) is 26.7 Å². The SMILES string of the molecule is CCN(CC)c1nc(NC)nc(NCC(C)(O)CC)n1. The van der Waals surface area contributed by atoms with Crippen molar-refractivity contribution >= 4 is 17.8 Å². The normalized spacial score (nSPS) is 13.7. The van der Waals surface area contributed by atoms with Crippen molar-refractivity contribution in [1.82, 2.24) is 15.0 Å². The molecule has 0 amide bonds. The lowest BCUT2D eigenvalue weighted by Gasteiger charge is -2.23. The highest BCUT2D eigenvalue weighted by molar-refractivity contribution is 5.43. The van der Waals surface area contributed by atoms with Crippen molar-refractivity contribution in [2.75, 3.05) is 42.2 Å². The van der Waals surface area contributed by atoms with E-state index in [1.165, 1.54) is 0 Å². The lowest BCUT2D eigenvalue weighted by molar-refractivity contribution is 0.0695. The summed E-state index contributed by atoms with van der Waals surface area (Å²) in [6.45, 7) is 9.89. The predicted octanol–water partition coefficient (Wildman–Crippen LogP) is 1.33. The van der Waals surface area contributed by atoms with E-state index in [1.807, 2.05) is 11.8 Å². The topological polar surface area (TPSA) is 86.2 Å². The first-order valence-corrected chi connectivity index (χ1v) is 7.10. The molecule has 0 radical (unpaired) electrons. The summed E-state index contributed by atoms with van der Waals surface area (Å²) in [5, 5.41) is 16.0. The molecule has 1 heterocycles. The Kier molecular flexibility index (Phi) is 5.94. The molecule has 0 aromatic carbocycles. The molecule has 0 aliphatic heterocycles. The van der Waals surface area contributed by atoms with Gasteiger partial charge < -0.3 is 20.6 Å². The van der Waals surface area contributed by atoms with Crippen molar-refractivity contribution in [3.63, 3.8) is 0 Å². The highest BCUT2D eigenvalue weighted by Gasteiger charge is 2.18. The average molecular weight is 282 g/mol. The summed E-state index contributed by atoms with van der Waals surface area (Å²) in [6, 6.07) is 0. The van der Waals surface area contributed by atoms with Crippen molar-refractivity contribution in [3.8, 4) is 0 Å². The second-order valence-electron chi connectivity index (χ2n) is 4.91. The maximum atomic E-state index is 10.0. The van der Waals surface area contributed by atoms with Gasteiger partial charge in [-0.05, 0) is 27.2 Å². The first-order valence-electron chi connectivity index (χ1n) is 7.10. The van der Waals surface area contributed by atoms with Gasteiger partial charge in [-0.25, -0.2) is 0 Å². The molecule has 114 valence electrons. The van der Waals surface area contributed by atoms with Gasteiger partial charge in [0.2, 0.25) is 17.8 Å². The third-order valence-electron chi connectivity index (χ3n) is 3.28. The molecular weight excluding hydrogens is 256 g/mol. The molecule has 1 aromatic rings. The van der Waals surface area contributed by atoms with E-state index in [2.05, 4.69) is 39.4 Å². The summed E-state index contributed by atoms with van der Waals surface area (Å²) in [5.74, 6) is 1.62. The number of anilines is 3. The lowest BCUT2D eigenvalue weighted by atomic mass is 10.0. The zero-order valence-electron chi connectivity index (χ0n) is 13.1. The summed E-state index contributed by atoms with van der Waals surface area (Å²) in [5.41, 5.74) is -0.776. The first kappa shape index (κ1) is 16.4. The van der Waals surface area contributed by atoms with E-state index < -0.39 is 5.60 Å². The van der Waals surface area contributed by atoms with Crippen LogP contribution in [0.2, 0.25) is 0 Å². The molecule has 0 aliphatic carbocycles. The predicted molar refractivity (Wildman–Crippen MR) is 82.3 cm³/mol. The molecule has 0 aliphatic rings. The minimum Gasteiger partial charge on any atom is -0.388 e. The van der Waals surface area contributed by atoms with Gasteiger partial charge in [-0.2, -0.15) is 15.0 Å². The Morgan fingerprint density at radius 3 is 2.20 bits per heavy atom. The van der Waals surface area contributed by atoms with Gasteiger partial charge in [-0.3, -0.25) is 0 Å². The molecule has 0 fully saturated rings. The van der Waals surface area contributed by atoms with Gasteiger partial charge in [0.1, 0.15) is 0 Å². The van der Waals surface area contributed by atoms with Crippen molar-refractivity contribution in [2.45, 2.75) is 39.7 Å². The maximum absolute atomic E-state index is 10.0. The smallest absolute Gasteiger partial charge is 0.231 e. The van der Waals surface area contributed by atoms with Gasteiger partial charge in [0.05, 0.1) is 5.60 Å². The van der Waals surface area contributed by atoms with E-state index in [9.17, 15) is 5.11 Å². The summed E-state index contributed by atoms with van der Waals surface area (Å²) < 4.78 is 0. The average Bonchev–Trinajstić information content (AvgIpc) is 2.46. The van der Waals surface area contributed by atoms with Crippen LogP contribution in [0.1, 0.15) is 34.1 Å². The Labute approximate surface area is 120 Å². The summed E-state index contributed by atoms with van der Waals surface area (Å²) >= 11 is 0. The third kappa shape index (κ3) is 4.48. The number of rotatable bonds is 8. The Balaban J connectivity index is 2.93. The second kappa shape index (κ2) is 7.23. The Morgan fingerprint density at radius 1 is 1.10 bits per heavy atom. The fourth-order valence-corrected chi connectivity index (χ4v) is 1.60. The standard InChI is InChI=1S/C13H26N6O/c1-6-13(4,20)9-15-11-16-10(14-5)17-12(18-11)19(7-2)8-3/h20H,6-9H2,1-5H3,(H2,14,15,16,17,18).